The Labute approximate surface area is 239 Å². The van der Waals surface area contributed by atoms with Crippen LogP contribution in [-0.2, 0) is 10.3 Å². The maximum Gasteiger partial charge on any atom is 0.271 e. The zero-order valence-corrected chi connectivity index (χ0v) is 22.3. The SMILES string of the molecule is O=C(c1ccccc1)N1c2ccccc2N2C(=O)[C@H](Oc3ccccc3)[C@@]2(c2ccccc2)C[C@H]1c1ccccc1. The lowest BCUT2D eigenvalue weighted by molar-refractivity contribution is -0.142. The Morgan fingerprint density at radius 2 is 1.20 bits per heavy atom. The van der Waals surface area contributed by atoms with Gasteiger partial charge in [-0.2, -0.15) is 0 Å². The minimum atomic E-state index is -0.865. The van der Waals surface area contributed by atoms with E-state index in [1.165, 1.54) is 0 Å². The van der Waals surface area contributed by atoms with E-state index in [0.29, 0.717) is 29.1 Å². The first kappa shape index (κ1) is 24.9. The van der Waals surface area contributed by atoms with Crippen LogP contribution in [0.25, 0.3) is 0 Å². The second-order valence-electron chi connectivity index (χ2n) is 10.4. The Hall–Kier alpha value is -5.16. The van der Waals surface area contributed by atoms with Crippen LogP contribution in [0.15, 0.2) is 146 Å². The van der Waals surface area contributed by atoms with E-state index in [2.05, 4.69) is 24.3 Å². The van der Waals surface area contributed by atoms with Crippen molar-refractivity contribution < 1.29 is 14.3 Å². The summed E-state index contributed by atoms with van der Waals surface area (Å²) in [6.45, 7) is 0. The fourth-order valence-electron chi connectivity index (χ4n) is 6.33. The molecule has 2 aliphatic rings. The molecule has 2 heterocycles. The molecule has 0 saturated carbocycles. The third-order valence-corrected chi connectivity index (χ3v) is 8.17. The monoisotopic (exact) mass is 536 g/mol. The van der Waals surface area contributed by atoms with Crippen LogP contribution in [0.4, 0.5) is 11.4 Å². The molecular weight excluding hydrogens is 508 g/mol. The van der Waals surface area contributed by atoms with Crippen LogP contribution < -0.4 is 14.5 Å². The predicted octanol–water partition coefficient (Wildman–Crippen LogP) is 7.17. The molecule has 0 N–H and O–H groups in total. The number of nitrogens with zero attached hydrogens (tertiary/aromatic N) is 2. The van der Waals surface area contributed by atoms with Crippen LogP contribution in [0.5, 0.6) is 5.75 Å². The van der Waals surface area contributed by atoms with Gasteiger partial charge >= 0.3 is 0 Å². The predicted molar refractivity (Wildman–Crippen MR) is 160 cm³/mol. The number of carbonyl (C=O) groups is 2. The topological polar surface area (TPSA) is 49.9 Å². The molecule has 5 aromatic rings. The largest absolute Gasteiger partial charge is 0.478 e. The number of amides is 2. The highest BCUT2D eigenvalue weighted by atomic mass is 16.5. The van der Waals surface area contributed by atoms with Gasteiger partial charge in [0.2, 0.25) is 6.10 Å². The molecule has 0 unspecified atom stereocenters. The molecule has 5 heteroatoms. The van der Waals surface area contributed by atoms with Crippen molar-refractivity contribution >= 4 is 23.2 Å². The molecule has 0 spiro atoms. The summed E-state index contributed by atoms with van der Waals surface area (Å²) in [5.41, 5.74) is 3.06. The summed E-state index contributed by atoms with van der Waals surface area (Å²) in [5.74, 6) is 0.378. The summed E-state index contributed by atoms with van der Waals surface area (Å²) < 4.78 is 6.53. The summed E-state index contributed by atoms with van der Waals surface area (Å²) in [6, 6.07) is 46.3. The van der Waals surface area contributed by atoms with Gasteiger partial charge in [0.15, 0.2) is 0 Å². The van der Waals surface area contributed by atoms with Crippen LogP contribution in [0.2, 0.25) is 0 Å². The first-order valence-corrected chi connectivity index (χ1v) is 13.8. The number of hydrogen-bond acceptors (Lipinski definition) is 3. The maximum atomic E-state index is 14.4. The fourth-order valence-corrected chi connectivity index (χ4v) is 6.33. The molecule has 0 radical (unpaired) electrons. The highest BCUT2D eigenvalue weighted by Gasteiger charge is 2.66. The lowest BCUT2D eigenvalue weighted by Crippen LogP contribution is -2.74. The average Bonchev–Trinajstić information content (AvgIpc) is 3.16. The van der Waals surface area contributed by atoms with Gasteiger partial charge in [-0.05, 0) is 47.5 Å². The third kappa shape index (κ3) is 4.01. The summed E-state index contributed by atoms with van der Waals surface area (Å²) >= 11 is 0. The second-order valence-corrected chi connectivity index (χ2v) is 10.4. The van der Waals surface area contributed by atoms with E-state index < -0.39 is 11.6 Å². The molecule has 5 aromatic carbocycles. The molecular formula is C36H28N2O3. The van der Waals surface area contributed by atoms with Crippen molar-refractivity contribution in [2.45, 2.75) is 24.1 Å². The molecule has 41 heavy (non-hydrogen) atoms. The number of anilines is 2. The zero-order chi connectivity index (χ0) is 27.8. The first-order chi connectivity index (χ1) is 20.2. The number of β-lactam (4-membered cyclic amide) rings is 1. The van der Waals surface area contributed by atoms with Crippen LogP contribution >= 0.6 is 0 Å². The first-order valence-electron chi connectivity index (χ1n) is 13.8. The lowest BCUT2D eigenvalue weighted by Gasteiger charge is -2.56. The van der Waals surface area contributed by atoms with Crippen LogP contribution in [0.3, 0.4) is 0 Å². The van der Waals surface area contributed by atoms with Gasteiger partial charge in [0, 0.05) is 12.0 Å². The van der Waals surface area contributed by atoms with Crippen molar-refractivity contribution in [1.29, 1.82) is 0 Å². The standard InChI is InChI=1S/C36H28N2O3/c39-34(27-17-7-2-8-18-27)37-30-23-13-14-24-31(30)38-35(40)33(41-29-21-11-4-12-22-29)36(38,28-19-9-3-10-20-28)25-32(37)26-15-5-1-6-16-26/h1-24,32-33H,25H2/t32-,33-,36-/m0/s1. The zero-order valence-electron chi connectivity index (χ0n) is 22.3. The summed E-state index contributed by atoms with van der Waals surface area (Å²) in [5, 5.41) is 0. The molecule has 2 amide bonds. The van der Waals surface area contributed by atoms with Crippen molar-refractivity contribution in [3.8, 4) is 5.75 Å². The minimum Gasteiger partial charge on any atom is -0.478 e. The molecule has 200 valence electrons. The molecule has 2 aliphatic heterocycles. The molecule has 0 aromatic heterocycles. The number of fused-ring (bicyclic) bond motifs is 3. The van der Waals surface area contributed by atoms with Crippen molar-refractivity contribution in [3.63, 3.8) is 0 Å². The van der Waals surface area contributed by atoms with E-state index in [1.807, 2.05) is 131 Å². The van der Waals surface area contributed by atoms with Gasteiger partial charge in [-0.25, -0.2) is 0 Å². The molecule has 7 rings (SSSR count). The molecule has 5 nitrogen and oxygen atoms in total. The van der Waals surface area contributed by atoms with Gasteiger partial charge < -0.3 is 4.74 Å². The van der Waals surface area contributed by atoms with Gasteiger partial charge in [-0.3, -0.25) is 19.4 Å². The third-order valence-electron chi connectivity index (χ3n) is 8.17. The summed E-state index contributed by atoms with van der Waals surface area (Å²) in [7, 11) is 0. The molecule has 0 bridgehead atoms. The fraction of sp³-hybridized carbons (Fsp3) is 0.111. The number of para-hydroxylation sites is 3. The van der Waals surface area contributed by atoms with Gasteiger partial charge in [-0.15, -0.1) is 0 Å². The van der Waals surface area contributed by atoms with Gasteiger partial charge in [0.1, 0.15) is 11.3 Å². The van der Waals surface area contributed by atoms with E-state index >= 15 is 0 Å². The van der Waals surface area contributed by atoms with E-state index in [-0.39, 0.29) is 17.9 Å². The van der Waals surface area contributed by atoms with Crippen molar-refractivity contribution in [3.05, 3.63) is 162 Å². The Bertz CT molecular complexity index is 1690. The smallest absolute Gasteiger partial charge is 0.271 e. The van der Waals surface area contributed by atoms with E-state index in [0.717, 1.165) is 11.1 Å². The number of ether oxygens (including phenoxy) is 1. The average molecular weight is 537 g/mol. The van der Waals surface area contributed by atoms with E-state index in [1.54, 1.807) is 0 Å². The number of benzene rings is 5. The highest BCUT2D eigenvalue weighted by Crippen LogP contribution is 2.57. The number of hydrogen-bond donors (Lipinski definition) is 0. The van der Waals surface area contributed by atoms with Crippen molar-refractivity contribution in [2.24, 2.45) is 0 Å². The Kier molecular flexibility index (Phi) is 6.12. The second kappa shape index (κ2) is 10.1. The Morgan fingerprint density at radius 3 is 1.85 bits per heavy atom. The van der Waals surface area contributed by atoms with Crippen LogP contribution in [0.1, 0.15) is 33.9 Å². The maximum absolute atomic E-state index is 14.4. The molecule has 1 saturated heterocycles. The van der Waals surface area contributed by atoms with Gasteiger partial charge in [0.05, 0.1) is 17.4 Å². The quantitative estimate of drug-likeness (QED) is 0.224. The van der Waals surface area contributed by atoms with Gasteiger partial charge in [0.25, 0.3) is 11.8 Å². The highest BCUT2D eigenvalue weighted by molar-refractivity contribution is 6.14. The van der Waals surface area contributed by atoms with Crippen molar-refractivity contribution in [1.82, 2.24) is 0 Å². The Balaban J connectivity index is 1.48. The number of carbonyl (C=O) groups excluding carboxylic acids is 2. The minimum absolute atomic E-state index is 0.120. The molecule has 1 fully saturated rings. The van der Waals surface area contributed by atoms with E-state index in [9.17, 15) is 9.59 Å². The van der Waals surface area contributed by atoms with Crippen molar-refractivity contribution in [2.75, 3.05) is 9.80 Å². The molecule has 0 aliphatic carbocycles. The molecule has 3 atom stereocenters. The lowest BCUT2D eigenvalue weighted by atomic mass is 9.70. The van der Waals surface area contributed by atoms with E-state index in [4.69, 9.17) is 4.74 Å². The van der Waals surface area contributed by atoms with Crippen LogP contribution in [0, 0.1) is 0 Å². The summed E-state index contributed by atoms with van der Waals surface area (Å²) in [4.78, 5) is 32.3. The van der Waals surface area contributed by atoms with Crippen LogP contribution in [-0.4, -0.2) is 17.9 Å². The Morgan fingerprint density at radius 1 is 0.659 bits per heavy atom. The summed E-state index contributed by atoms with van der Waals surface area (Å²) in [6.07, 6.45) is -0.337. The number of rotatable bonds is 5. The van der Waals surface area contributed by atoms with Gasteiger partial charge in [-0.1, -0.05) is 109 Å². The normalized spacial score (nSPS) is 21.2.